The summed E-state index contributed by atoms with van der Waals surface area (Å²) in [5, 5.41) is 7.11. The molecule has 0 saturated heterocycles. The van der Waals surface area contributed by atoms with Crippen LogP contribution in [0.2, 0.25) is 0 Å². The van der Waals surface area contributed by atoms with Gasteiger partial charge in [-0.2, -0.15) is 0 Å². The third-order valence-corrected chi connectivity index (χ3v) is 2.93. The van der Waals surface area contributed by atoms with Crippen molar-refractivity contribution >= 4 is 0 Å². The van der Waals surface area contributed by atoms with Gasteiger partial charge in [0.15, 0.2) is 17.4 Å². The Morgan fingerprint density at radius 2 is 2.17 bits per heavy atom. The quantitative estimate of drug-likeness (QED) is 0.906. The summed E-state index contributed by atoms with van der Waals surface area (Å²) >= 11 is 0. The lowest BCUT2D eigenvalue weighted by atomic mass is 10.1. The number of nitrogens with one attached hydrogen (secondary N) is 1. The smallest absolute Gasteiger partial charge is 0.170 e. The molecule has 3 nitrogen and oxygen atoms in total. The molecule has 94 valence electrons. The van der Waals surface area contributed by atoms with Crippen molar-refractivity contribution in [2.45, 2.75) is 25.4 Å². The van der Waals surface area contributed by atoms with E-state index in [1.54, 1.807) is 6.07 Å². The van der Waals surface area contributed by atoms with E-state index in [9.17, 15) is 8.78 Å². The molecule has 1 aromatic carbocycles. The highest BCUT2D eigenvalue weighted by Gasteiger charge is 2.21. The van der Waals surface area contributed by atoms with Crippen LogP contribution in [0, 0.1) is 11.6 Å². The Morgan fingerprint density at radius 3 is 2.94 bits per heavy atom. The maximum absolute atomic E-state index is 13.5. The molecule has 0 atom stereocenters. The Labute approximate surface area is 103 Å². The van der Waals surface area contributed by atoms with Crippen LogP contribution in [-0.4, -0.2) is 11.2 Å². The lowest BCUT2D eigenvalue weighted by Crippen LogP contribution is -2.15. The summed E-state index contributed by atoms with van der Waals surface area (Å²) in [5.41, 5.74) is 0.792. The summed E-state index contributed by atoms with van der Waals surface area (Å²) in [6.45, 7) is 0.588. The zero-order valence-corrected chi connectivity index (χ0v) is 9.62. The highest BCUT2D eigenvalue weighted by molar-refractivity contribution is 5.58. The predicted octanol–water partition coefficient (Wildman–Crippen LogP) is 2.87. The number of hydrogen-bond acceptors (Lipinski definition) is 3. The summed E-state index contributed by atoms with van der Waals surface area (Å²) in [6.07, 6.45) is 2.37. The van der Waals surface area contributed by atoms with Crippen LogP contribution in [-0.2, 0) is 6.54 Å². The minimum absolute atomic E-state index is 0.0974. The summed E-state index contributed by atoms with van der Waals surface area (Å²) in [7, 11) is 0. The van der Waals surface area contributed by atoms with Crippen molar-refractivity contribution in [3.05, 3.63) is 41.6 Å². The Kier molecular flexibility index (Phi) is 2.83. The van der Waals surface area contributed by atoms with Crippen molar-refractivity contribution in [2.24, 2.45) is 0 Å². The van der Waals surface area contributed by atoms with Gasteiger partial charge in [0, 0.05) is 18.7 Å². The molecule has 0 aliphatic heterocycles. The molecule has 3 rings (SSSR count). The van der Waals surface area contributed by atoms with Gasteiger partial charge < -0.3 is 9.84 Å². The molecular formula is C13H12F2N2O. The minimum Gasteiger partial charge on any atom is -0.356 e. The van der Waals surface area contributed by atoms with Gasteiger partial charge in [0.25, 0.3) is 0 Å². The summed E-state index contributed by atoms with van der Waals surface area (Å²) in [6, 6.07) is 6.18. The van der Waals surface area contributed by atoms with Crippen molar-refractivity contribution in [2.75, 3.05) is 0 Å². The molecule has 1 heterocycles. The van der Waals surface area contributed by atoms with Crippen LogP contribution in [0.4, 0.5) is 8.78 Å². The number of benzene rings is 1. The van der Waals surface area contributed by atoms with Crippen molar-refractivity contribution in [3.63, 3.8) is 0 Å². The van der Waals surface area contributed by atoms with Gasteiger partial charge in [-0.25, -0.2) is 8.78 Å². The summed E-state index contributed by atoms with van der Waals surface area (Å²) in [4.78, 5) is 0. The first-order chi connectivity index (χ1) is 8.74. The zero-order chi connectivity index (χ0) is 12.5. The highest BCUT2D eigenvalue weighted by Crippen LogP contribution is 2.25. The Hall–Kier alpha value is -1.75. The van der Waals surface area contributed by atoms with Gasteiger partial charge in [-0.15, -0.1) is 0 Å². The molecule has 0 bridgehead atoms. The number of hydrogen-bond donors (Lipinski definition) is 1. The first-order valence-corrected chi connectivity index (χ1v) is 5.87. The van der Waals surface area contributed by atoms with Crippen molar-refractivity contribution in [1.29, 1.82) is 0 Å². The van der Waals surface area contributed by atoms with Crippen LogP contribution < -0.4 is 5.32 Å². The van der Waals surface area contributed by atoms with E-state index >= 15 is 0 Å². The molecule has 0 amide bonds. The van der Waals surface area contributed by atoms with Crippen LogP contribution in [0.5, 0.6) is 0 Å². The lowest BCUT2D eigenvalue weighted by Gasteiger charge is -1.98. The minimum atomic E-state index is -0.907. The van der Waals surface area contributed by atoms with Crippen LogP contribution in [0.1, 0.15) is 18.5 Å². The molecule has 1 N–H and O–H groups in total. The highest BCUT2D eigenvalue weighted by atomic mass is 19.2. The molecule has 1 aromatic heterocycles. The van der Waals surface area contributed by atoms with E-state index in [-0.39, 0.29) is 11.3 Å². The predicted molar refractivity (Wildman–Crippen MR) is 61.7 cm³/mol. The molecule has 18 heavy (non-hydrogen) atoms. The Morgan fingerprint density at radius 1 is 1.33 bits per heavy atom. The van der Waals surface area contributed by atoms with E-state index in [4.69, 9.17) is 4.52 Å². The van der Waals surface area contributed by atoms with Crippen molar-refractivity contribution in [3.8, 4) is 11.3 Å². The summed E-state index contributed by atoms with van der Waals surface area (Å²) < 4.78 is 31.7. The average molecular weight is 250 g/mol. The third kappa shape index (κ3) is 2.26. The maximum Gasteiger partial charge on any atom is 0.170 e. The van der Waals surface area contributed by atoms with Crippen LogP contribution in [0.3, 0.4) is 0 Å². The fraction of sp³-hybridized carbons (Fsp3) is 0.308. The largest absolute Gasteiger partial charge is 0.356 e. The van der Waals surface area contributed by atoms with E-state index in [0.29, 0.717) is 18.3 Å². The SMILES string of the molecule is Fc1cccc(-c2cc(CNC3CC3)no2)c1F. The van der Waals surface area contributed by atoms with Gasteiger partial charge in [0.1, 0.15) is 0 Å². The second kappa shape index (κ2) is 4.49. The molecule has 0 unspecified atom stereocenters. The van der Waals surface area contributed by atoms with E-state index in [1.165, 1.54) is 25.0 Å². The van der Waals surface area contributed by atoms with E-state index < -0.39 is 11.6 Å². The molecular weight excluding hydrogens is 238 g/mol. The van der Waals surface area contributed by atoms with Gasteiger partial charge in [0.2, 0.25) is 0 Å². The van der Waals surface area contributed by atoms with Gasteiger partial charge in [-0.3, -0.25) is 0 Å². The fourth-order valence-electron chi connectivity index (χ4n) is 1.75. The topological polar surface area (TPSA) is 38.1 Å². The molecule has 1 aliphatic rings. The van der Waals surface area contributed by atoms with Crippen molar-refractivity contribution in [1.82, 2.24) is 10.5 Å². The van der Waals surface area contributed by atoms with Crippen LogP contribution in [0.25, 0.3) is 11.3 Å². The number of aromatic nitrogens is 1. The first-order valence-electron chi connectivity index (χ1n) is 5.87. The standard InChI is InChI=1S/C13H12F2N2O/c14-11-3-1-2-10(13(11)15)12-6-9(17-18-12)7-16-8-4-5-8/h1-3,6,8,16H,4-5,7H2. The number of halogens is 2. The maximum atomic E-state index is 13.5. The zero-order valence-electron chi connectivity index (χ0n) is 9.62. The van der Waals surface area contributed by atoms with Gasteiger partial charge in [0.05, 0.1) is 11.3 Å². The molecule has 5 heteroatoms. The average Bonchev–Trinajstić information content (AvgIpc) is 3.08. The van der Waals surface area contributed by atoms with Crippen molar-refractivity contribution < 1.29 is 13.3 Å². The Balaban J connectivity index is 1.80. The van der Waals surface area contributed by atoms with Gasteiger partial charge >= 0.3 is 0 Å². The van der Waals surface area contributed by atoms with Crippen LogP contribution in [0.15, 0.2) is 28.8 Å². The van der Waals surface area contributed by atoms with Gasteiger partial charge in [-0.1, -0.05) is 11.2 Å². The molecule has 0 radical (unpaired) electrons. The second-order valence-corrected chi connectivity index (χ2v) is 4.44. The van der Waals surface area contributed by atoms with E-state index in [0.717, 1.165) is 6.07 Å². The molecule has 1 aliphatic carbocycles. The van der Waals surface area contributed by atoms with Gasteiger partial charge in [-0.05, 0) is 25.0 Å². The summed E-state index contributed by atoms with van der Waals surface area (Å²) in [5.74, 6) is -1.54. The molecule has 2 aromatic rings. The second-order valence-electron chi connectivity index (χ2n) is 4.44. The van der Waals surface area contributed by atoms with E-state index in [2.05, 4.69) is 10.5 Å². The Bertz CT molecular complexity index is 564. The normalized spacial score (nSPS) is 15.0. The molecule has 1 fully saturated rings. The first kappa shape index (κ1) is 11.3. The lowest BCUT2D eigenvalue weighted by molar-refractivity contribution is 0.416. The number of nitrogens with zero attached hydrogens (tertiary/aromatic N) is 1. The fourth-order valence-corrected chi connectivity index (χ4v) is 1.75. The molecule has 1 saturated carbocycles. The third-order valence-electron chi connectivity index (χ3n) is 2.93. The number of rotatable bonds is 4. The monoisotopic (exact) mass is 250 g/mol. The molecule has 0 spiro atoms. The van der Waals surface area contributed by atoms with Crippen LogP contribution >= 0.6 is 0 Å². The van der Waals surface area contributed by atoms with E-state index in [1.807, 2.05) is 0 Å².